The molecule has 0 saturated carbocycles. The van der Waals surface area contributed by atoms with Crippen LogP contribution in [0, 0.1) is 24.1 Å². The van der Waals surface area contributed by atoms with E-state index < -0.39 is 34.2 Å². The summed E-state index contributed by atoms with van der Waals surface area (Å²) in [7, 11) is 0. The molecule has 0 bridgehead atoms. The number of H-pyrrole nitrogens is 1. The number of hydrogen-bond donors (Lipinski definition) is 1. The summed E-state index contributed by atoms with van der Waals surface area (Å²) in [6.07, 6.45) is -4.80. The summed E-state index contributed by atoms with van der Waals surface area (Å²) in [5.74, 6) is -1.05. The van der Waals surface area contributed by atoms with Crippen LogP contribution < -0.4 is 5.56 Å². The average Bonchev–Trinajstić information content (AvgIpc) is 2.36. The van der Waals surface area contributed by atoms with E-state index in [1.807, 2.05) is 0 Å². The van der Waals surface area contributed by atoms with Crippen molar-refractivity contribution in [2.75, 3.05) is 0 Å². The van der Waals surface area contributed by atoms with E-state index in [1.54, 1.807) is 6.07 Å². The summed E-state index contributed by atoms with van der Waals surface area (Å²) in [5.41, 5.74) is -2.75. The molecule has 2 aromatic rings. The Morgan fingerprint density at radius 1 is 1.19 bits per heavy atom. The van der Waals surface area contributed by atoms with E-state index >= 15 is 0 Å². The number of nitrogens with zero attached hydrogens (tertiary/aromatic N) is 1. The number of aromatic nitrogens is 1. The Labute approximate surface area is 116 Å². The number of nitrogens with one attached hydrogen (secondary N) is 1. The van der Waals surface area contributed by atoms with Crippen molar-refractivity contribution in [1.29, 1.82) is 5.26 Å². The van der Waals surface area contributed by atoms with E-state index in [0.717, 1.165) is 12.1 Å². The standard InChI is InChI=1S/C14H8F4N2O/c1-7-4-10(11(6-19)13(21)20-7)9-3-2-8(15)5-12(9)14(16,17)18/h2-5H,1H3,(H,20,21). The summed E-state index contributed by atoms with van der Waals surface area (Å²) in [6.45, 7) is 1.48. The van der Waals surface area contributed by atoms with Crippen molar-refractivity contribution < 1.29 is 17.6 Å². The molecule has 0 radical (unpaired) electrons. The molecule has 1 aromatic heterocycles. The van der Waals surface area contributed by atoms with Gasteiger partial charge in [0.2, 0.25) is 0 Å². The van der Waals surface area contributed by atoms with Gasteiger partial charge in [0.25, 0.3) is 5.56 Å². The lowest BCUT2D eigenvalue weighted by molar-refractivity contribution is -0.137. The van der Waals surface area contributed by atoms with Gasteiger partial charge in [0.05, 0.1) is 5.56 Å². The lowest BCUT2D eigenvalue weighted by atomic mass is 9.96. The first-order valence-corrected chi connectivity index (χ1v) is 5.75. The van der Waals surface area contributed by atoms with Gasteiger partial charge in [-0.15, -0.1) is 0 Å². The number of hydrogen-bond acceptors (Lipinski definition) is 2. The Morgan fingerprint density at radius 3 is 2.43 bits per heavy atom. The quantitative estimate of drug-likeness (QED) is 0.820. The molecule has 21 heavy (non-hydrogen) atoms. The summed E-state index contributed by atoms with van der Waals surface area (Å²) in [4.78, 5) is 14.0. The molecule has 0 fully saturated rings. The fraction of sp³-hybridized carbons (Fsp3) is 0.143. The highest BCUT2D eigenvalue weighted by Gasteiger charge is 2.35. The zero-order chi connectivity index (χ0) is 15.8. The second-order valence-corrected chi connectivity index (χ2v) is 4.37. The van der Waals surface area contributed by atoms with Crippen LogP contribution in [0.1, 0.15) is 16.8 Å². The normalized spacial score (nSPS) is 11.2. The molecule has 0 amide bonds. The van der Waals surface area contributed by atoms with Crippen LogP contribution in [0.2, 0.25) is 0 Å². The Kier molecular flexibility index (Phi) is 3.56. The molecular weight excluding hydrogens is 288 g/mol. The zero-order valence-corrected chi connectivity index (χ0v) is 10.7. The molecule has 1 heterocycles. The number of alkyl halides is 3. The summed E-state index contributed by atoms with van der Waals surface area (Å²) < 4.78 is 52.1. The Bertz CT molecular complexity index is 800. The van der Waals surface area contributed by atoms with Gasteiger partial charge >= 0.3 is 6.18 Å². The predicted octanol–water partition coefficient (Wildman–Crippen LogP) is 3.38. The van der Waals surface area contributed by atoms with Crippen molar-refractivity contribution >= 4 is 0 Å². The lowest BCUT2D eigenvalue weighted by Crippen LogP contribution is -2.15. The molecular formula is C14H8F4N2O. The van der Waals surface area contributed by atoms with Gasteiger partial charge in [-0.05, 0) is 30.7 Å². The lowest BCUT2D eigenvalue weighted by Gasteiger charge is -2.14. The monoisotopic (exact) mass is 296 g/mol. The van der Waals surface area contributed by atoms with Gasteiger partial charge in [-0.3, -0.25) is 4.79 Å². The number of pyridine rings is 1. The molecule has 2 rings (SSSR count). The molecule has 0 spiro atoms. The summed E-state index contributed by atoms with van der Waals surface area (Å²) in [6, 6.07) is 4.93. The fourth-order valence-electron chi connectivity index (χ4n) is 2.00. The van der Waals surface area contributed by atoms with Crippen molar-refractivity contribution in [1.82, 2.24) is 4.98 Å². The second kappa shape index (κ2) is 5.05. The maximum atomic E-state index is 13.1. The van der Waals surface area contributed by atoms with E-state index in [1.165, 1.54) is 13.0 Å². The third-order valence-corrected chi connectivity index (χ3v) is 2.86. The van der Waals surface area contributed by atoms with Gasteiger partial charge in [-0.25, -0.2) is 4.39 Å². The SMILES string of the molecule is Cc1cc(-c2ccc(F)cc2C(F)(F)F)c(C#N)c(=O)[nH]1. The molecule has 1 aromatic carbocycles. The molecule has 3 nitrogen and oxygen atoms in total. The number of benzene rings is 1. The molecule has 0 aliphatic carbocycles. The average molecular weight is 296 g/mol. The molecule has 0 atom stereocenters. The van der Waals surface area contributed by atoms with E-state index in [0.29, 0.717) is 11.8 Å². The number of nitriles is 1. The highest BCUT2D eigenvalue weighted by molar-refractivity contribution is 5.73. The van der Waals surface area contributed by atoms with Crippen molar-refractivity contribution in [3.05, 3.63) is 57.3 Å². The first-order chi connectivity index (χ1) is 9.74. The summed E-state index contributed by atoms with van der Waals surface area (Å²) in [5, 5.41) is 8.97. The number of aromatic amines is 1. The van der Waals surface area contributed by atoms with E-state index in [2.05, 4.69) is 4.98 Å². The third kappa shape index (κ3) is 2.79. The van der Waals surface area contributed by atoms with Crippen LogP contribution in [-0.4, -0.2) is 4.98 Å². The molecule has 108 valence electrons. The van der Waals surface area contributed by atoms with Crippen molar-refractivity contribution in [3.8, 4) is 17.2 Å². The minimum atomic E-state index is -4.80. The van der Waals surface area contributed by atoms with Crippen molar-refractivity contribution in [3.63, 3.8) is 0 Å². The number of halogens is 4. The first-order valence-electron chi connectivity index (χ1n) is 5.75. The van der Waals surface area contributed by atoms with Crippen LogP contribution in [-0.2, 0) is 6.18 Å². The van der Waals surface area contributed by atoms with Gasteiger partial charge in [-0.2, -0.15) is 18.4 Å². The molecule has 0 aliphatic rings. The molecule has 0 aliphatic heterocycles. The molecule has 7 heteroatoms. The van der Waals surface area contributed by atoms with E-state index in [9.17, 15) is 22.4 Å². The van der Waals surface area contributed by atoms with Gasteiger partial charge in [0.1, 0.15) is 17.4 Å². The molecule has 1 N–H and O–H groups in total. The zero-order valence-electron chi connectivity index (χ0n) is 10.7. The van der Waals surface area contributed by atoms with Crippen LogP contribution in [0.25, 0.3) is 11.1 Å². The highest BCUT2D eigenvalue weighted by Crippen LogP contribution is 2.38. The van der Waals surface area contributed by atoms with Crippen LogP contribution in [0.3, 0.4) is 0 Å². The van der Waals surface area contributed by atoms with Crippen LogP contribution in [0.15, 0.2) is 29.1 Å². The van der Waals surface area contributed by atoms with Gasteiger partial charge < -0.3 is 4.98 Å². The Morgan fingerprint density at radius 2 is 1.86 bits per heavy atom. The second-order valence-electron chi connectivity index (χ2n) is 4.37. The van der Waals surface area contributed by atoms with Crippen molar-refractivity contribution in [2.24, 2.45) is 0 Å². The van der Waals surface area contributed by atoms with Gasteiger partial charge in [0.15, 0.2) is 0 Å². The van der Waals surface area contributed by atoms with Gasteiger partial charge in [0, 0.05) is 11.3 Å². The van der Waals surface area contributed by atoms with Crippen LogP contribution in [0.4, 0.5) is 17.6 Å². The van der Waals surface area contributed by atoms with E-state index in [4.69, 9.17) is 5.26 Å². The third-order valence-electron chi connectivity index (χ3n) is 2.86. The largest absolute Gasteiger partial charge is 0.417 e. The van der Waals surface area contributed by atoms with E-state index in [-0.39, 0.29) is 5.56 Å². The summed E-state index contributed by atoms with van der Waals surface area (Å²) >= 11 is 0. The highest BCUT2D eigenvalue weighted by atomic mass is 19.4. The van der Waals surface area contributed by atoms with Crippen LogP contribution >= 0.6 is 0 Å². The topological polar surface area (TPSA) is 56.6 Å². The number of rotatable bonds is 1. The maximum absolute atomic E-state index is 13.1. The minimum absolute atomic E-state index is 0.175. The smallest absolute Gasteiger partial charge is 0.325 e. The molecule has 0 saturated heterocycles. The Hall–Kier alpha value is -2.62. The predicted molar refractivity (Wildman–Crippen MR) is 66.9 cm³/mol. The minimum Gasteiger partial charge on any atom is -0.325 e. The number of aryl methyl sites for hydroxylation is 1. The first kappa shape index (κ1) is 14.8. The van der Waals surface area contributed by atoms with Gasteiger partial charge in [-0.1, -0.05) is 6.07 Å². The van der Waals surface area contributed by atoms with Crippen LogP contribution in [0.5, 0.6) is 0 Å². The fourth-order valence-corrected chi connectivity index (χ4v) is 2.00. The maximum Gasteiger partial charge on any atom is 0.417 e. The Balaban J connectivity index is 2.87. The molecule has 0 unspecified atom stereocenters. The van der Waals surface area contributed by atoms with Crippen molar-refractivity contribution in [2.45, 2.75) is 13.1 Å².